The maximum Gasteiger partial charge on any atom is 0.305 e. The van der Waals surface area contributed by atoms with Gasteiger partial charge >= 0.3 is 11.9 Å². The van der Waals surface area contributed by atoms with Crippen molar-refractivity contribution >= 4 is 17.8 Å². The Labute approximate surface area is 379 Å². The molecule has 1 aliphatic heterocycles. The van der Waals surface area contributed by atoms with Crippen molar-refractivity contribution in [1.29, 1.82) is 0 Å². The second-order valence-electron chi connectivity index (χ2n) is 18.8. The number of aliphatic imine (C=N–C) groups is 1. The van der Waals surface area contributed by atoms with Crippen molar-refractivity contribution in [3.8, 4) is 0 Å². The summed E-state index contributed by atoms with van der Waals surface area (Å²) in [6.45, 7) is 7.42. The second kappa shape index (κ2) is 45.9. The van der Waals surface area contributed by atoms with Crippen LogP contribution in [0.15, 0.2) is 29.3 Å². The highest BCUT2D eigenvalue weighted by molar-refractivity contribution is 5.84. The van der Waals surface area contributed by atoms with E-state index in [1.54, 1.807) is 0 Å². The molecule has 1 N–H and O–H groups in total. The Morgan fingerprint density at radius 2 is 0.902 bits per heavy atom. The van der Waals surface area contributed by atoms with E-state index in [0.29, 0.717) is 25.5 Å². The molecule has 61 heavy (non-hydrogen) atoms. The van der Waals surface area contributed by atoms with Crippen LogP contribution in [0, 0.1) is 0 Å². The van der Waals surface area contributed by atoms with Gasteiger partial charge in [-0.2, -0.15) is 0 Å². The van der Waals surface area contributed by atoms with E-state index in [2.05, 4.69) is 43.1 Å². The van der Waals surface area contributed by atoms with Crippen LogP contribution >= 0.6 is 0 Å². The van der Waals surface area contributed by atoms with Gasteiger partial charge in [0.1, 0.15) is 0 Å². The van der Waals surface area contributed by atoms with Gasteiger partial charge in [0.25, 0.3) is 0 Å². The van der Waals surface area contributed by atoms with Gasteiger partial charge in [-0.05, 0) is 90.4 Å². The quantitative estimate of drug-likeness (QED) is 0.0375. The first-order valence-electron chi connectivity index (χ1n) is 27.0. The van der Waals surface area contributed by atoms with Crippen molar-refractivity contribution in [2.24, 2.45) is 4.99 Å². The molecule has 0 aromatic heterocycles. The standard InChI is InChI=1S/C55H102N2O4/c1-3-4-5-6-7-8-9-10-20-25-30-35-40-45-50-61-55(60)48-43-38-33-28-23-18-12-11-15-19-24-29-34-39-44-49-57-52(2)51-56-53(57)46-41-36-31-26-21-16-13-14-17-22-27-32-37-42-47-54(58)59/h11-14,52H,3-10,15-51H2,1-2H3,(H,58,59). The number of carbonyl (C=O) groups excluding carboxylic acids is 1. The van der Waals surface area contributed by atoms with Gasteiger partial charge in [-0.1, -0.05) is 198 Å². The third-order valence-corrected chi connectivity index (χ3v) is 12.8. The molecule has 0 saturated heterocycles. The average molecular weight is 855 g/mol. The smallest absolute Gasteiger partial charge is 0.305 e. The number of amidine groups is 1. The van der Waals surface area contributed by atoms with Crippen LogP contribution in [0.25, 0.3) is 0 Å². The number of rotatable bonds is 48. The fraction of sp³-hybridized carbons (Fsp3) is 0.873. The fourth-order valence-electron chi connectivity index (χ4n) is 8.74. The molecule has 0 amide bonds. The molecule has 0 fully saturated rings. The summed E-state index contributed by atoms with van der Waals surface area (Å²) in [6, 6.07) is 0.578. The zero-order valence-corrected chi connectivity index (χ0v) is 40.8. The lowest BCUT2D eigenvalue weighted by molar-refractivity contribution is -0.144. The minimum absolute atomic E-state index is 0.00973. The number of nitrogens with zero attached hydrogens (tertiary/aromatic N) is 2. The van der Waals surface area contributed by atoms with Gasteiger partial charge in [0, 0.05) is 31.8 Å². The predicted molar refractivity (Wildman–Crippen MR) is 265 cm³/mol. The molecule has 6 nitrogen and oxygen atoms in total. The van der Waals surface area contributed by atoms with E-state index in [1.165, 1.54) is 224 Å². The number of carboxylic acids is 1. The van der Waals surface area contributed by atoms with Crippen LogP contribution in [0.1, 0.15) is 284 Å². The summed E-state index contributed by atoms with van der Waals surface area (Å²) in [5, 5.41) is 8.69. The molecule has 0 saturated carbocycles. The summed E-state index contributed by atoms with van der Waals surface area (Å²) in [5.74, 6) is 0.722. The molecule has 1 aliphatic rings. The van der Waals surface area contributed by atoms with Gasteiger partial charge in [-0.15, -0.1) is 0 Å². The van der Waals surface area contributed by atoms with Crippen LogP contribution in [0.3, 0.4) is 0 Å². The zero-order valence-electron chi connectivity index (χ0n) is 40.8. The van der Waals surface area contributed by atoms with Crippen molar-refractivity contribution in [3.05, 3.63) is 24.3 Å². The number of ether oxygens (including phenoxy) is 1. The van der Waals surface area contributed by atoms with Crippen molar-refractivity contribution in [2.45, 2.75) is 290 Å². The molecular weight excluding hydrogens is 753 g/mol. The topological polar surface area (TPSA) is 79.2 Å². The van der Waals surface area contributed by atoms with Crippen LogP contribution in [0.4, 0.5) is 0 Å². The number of aliphatic carboxylic acids is 1. The average Bonchev–Trinajstić information content (AvgIpc) is 3.60. The van der Waals surface area contributed by atoms with Crippen molar-refractivity contribution < 1.29 is 19.4 Å². The maximum absolute atomic E-state index is 12.1. The molecule has 0 radical (unpaired) electrons. The number of allylic oxidation sites excluding steroid dienone is 4. The van der Waals surface area contributed by atoms with Crippen molar-refractivity contribution in [2.75, 3.05) is 19.7 Å². The first-order valence-corrected chi connectivity index (χ1v) is 27.0. The van der Waals surface area contributed by atoms with Gasteiger partial charge in [-0.25, -0.2) is 0 Å². The number of hydrogen-bond acceptors (Lipinski definition) is 5. The third kappa shape index (κ3) is 40.4. The first-order chi connectivity index (χ1) is 30.0. The zero-order chi connectivity index (χ0) is 43.9. The lowest BCUT2D eigenvalue weighted by atomic mass is 10.0. The Balaban J connectivity index is 1.82. The Morgan fingerprint density at radius 1 is 0.525 bits per heavy atom. The van der Waals surface area contributed by atoms with Gasteiger partial charge < -0.3 is 14.7 Å². The van der Waals surface area contributed by atoms with E-state index >= 15 is 0 Å². The molecule has 1 heterocycles. The molecule has 1 unspecified atom stereocenters. The number of esters is 1. The summed E-state index contributed by atoms with van der Waals surface area (Å²) < 4.78 is 5.48. The Morgan fingerprint density at radius 3 is 1.36 bits per heavy atom. The van der Waals surface area contributed by atoms with E-state index in [-0.39, 0.29) is 5.97 Å². The molecular formula is C55H102N2O4. The number of carboxylic acid groups (broad SMARTS) is 1. The monoisotopic (exact) mass is 855 g/mol. The summed E-state index contributed by atoms with van der Waals surface area (Å²) in [6.07, 6.45) is 61.3. The molecule has 0 bridgehead atoms. The molecule has 0 aromatic rings. The summed E-state index contributed by atoms with van der Waals surface area (Å²) in [4.78, 5) is 30.1. The van der Waals surface area contributed by atoms with Crippen LogP contribution in [0.5, 0.6) is 0 Å². The molecule has 1 atom stereocenters. The van der Waals surface area contributed by atoms with Gasteiger partial charge in [0.15, 0.2) is 0 Å². The normalized spacial score (nSPS) is 14.2. The minimum atomic E-state index is -0.668. The van der Waals surface area contributed by atoms with Crippen molar-refractivity contribution in [3.63, 3.8) is 0 Å². The van der Waals surface area contributed by atoms with Gasteiger partial charge in [0.05, 0.1) is 19.0 Å². The van der Waals surface area contributed by atoms with Crippen molar-refractivity contribution in [1.82, 2.24) is 4.90 Å². The van der Waals surface area contributed by atoms with E-state index in [9.17, 15) is 9.59 Å². The maximum atomic E-state index is 12.1. The van der Waals surface area contributed by atoms with Crippen LogP contribution in [-0.2, 0) is 14.3 Å². The first kappa shape index (κ1) is 56.9. The summed E-state index contributed by atoms with van der Waals surface area (Å²) in [5.41, 5.74) is 0. The van der Waals surface area contributed by atoms with Crippen LogP contribution in [-0.4, -0.2) is 53.5 Å². The fourth-order valence-corrected chi connectivity index (χ4v) is 8.74. The Bertz CT molecular complexity index is 1050. The molecule has 0 aromatic carbocycles. The highest BCUT2D eigenvalue weighted by Gasteiger charge is 2.22. The van der Waals surface area contributed by atoms with Crippen LogP contribution in [0.2, 0.25) is 0 Å². The third-order valence-electron chi connectivity index (χ3n) is 12.8. The Kier molecular flexibility index (Phi) is 42.8. The van der Waals surface area contributed by atoms with E-state index in [0.717, 1.165) is 51.5 Å². The van der Waals surface area contributed by atoms with E-state index in [1.807, 2.05) is 0 Å². The second-order valence-corrected chi connectivity index (χ2v) is 18.8. The van der Waals surface area contributed by atoms with Gasteiger partial charge in [0.2, 0.25) is 0 Å². The summed E-state index contributed by atoms with van der Waals surface area (Å²) in [7, 11) is 0. The Hall–Kier alpha value is -2.11. The largest absolute Gasteiger partial charge is 0.481 e. The lowest BCUT2D eigenvalue weighted by Crippen LogP contribution is -2.35. The van der Waals surface area contributed by atoms with Crippen LogP contribution < -0.4 is 0 Å². The van der Waals surface area contributed by atoms with Gasteiger partial charge in [-0.3, -0.25) is 14.6 Å². The molecule has 0 spiro atoms. The molecule has 0 aliphatic carbocycles. The lowest BCUT2D eigenvalue weighted by Gasteiger charge is -2.25. The SMILES string of the molecule is CCCCCCCCCCCCCCCCOC(=O)CCCCCCCC=CCCCCCCCCN1C(CCCCCCCC=CCCCCCCCC(=O)O)=NCC1C. The number of carbonyl (C=O) groups is 2. The predicted octanol–water partition coefficient (Wildman–Crippen LogP) is 17.2. The molecule has 356 valence electrons. The molecule has 6 heteroatoms. The molecule has 1 rings (SSSR count). The highest BCUT2D eigenvalue weighted by atomic mass is 16.5. The minimum Gasteiger partial charge on any atom is -0.481 e. The van der Waals surface area contributed by atoms with E-state index < -0.39 is 5.97 Å². The van der Waals surface area contributed by atoms with E-state index in [4.69, 9.17) is 14.8 Å². The number of unbranched alkanes of at least 4 members (excludes halogenated alkanes) is 34. The summed E-state index contributed by atoms with van der Waals surface area (Å²) >= 11 is 0. The number of hydrogen-bond donors (Lipinski definition) is 1. The highest BCUT2D eigenvalue weighted by Crippen LogP contribution is 2.19.